The molecule has 2 saturated carbocycles. The third-order valence-electron chi connectivity index (χ3n) is 5.75. The molecule has 0 aromatic carbocycles. The van der Waals surface area contributed by atoms with Gasteiger partial charge in [-0.25, -0.2) is 0 Å². The van der Waals surface area contributed by atoms with Gasteiger partial charge in [-0.2, -0.15) is 0 Å². The number of carbonyl (C=O) groups excluding carboxylic acids is 1. The topological polar surface area (TPSA) is 17.1 Å². The Labute approximate surface area is 105 Å². The van der Waals surface area contributed by atoms with Gasteiger partial charge >= 0.3 is 0 Å². The molecule has 2 bridgehead atoms. The first-order chi connectivity index (χ1) is 8.21. The van der Waals surface area contributed by atoms with Crippen LogP contribution in [0.5, 0.6) is 0 Å². The van der Waals surface area contributed by atoms with Crippen LogP contribution >= 0.6 is 0 Å². The molecule has 2 heteroatoms. The molecule has 0 aromatic rings. The van der Waals surface area contributed by atoms with Gasteiger partial charge in [-0.15, -0.1) is 0 Å². The van der Waals surface area contributed by atoms with Crippen LogP contribution < -0.4 is 0 Å². The van der Waals surface area contributed by atoms with Crippen LogP contribution in [0.4, 0.5) is 0 Å². The maximum Gasteiger partial charge on any atom is 0.144 e. The van der Waals surface area contributed by atoms with Gasteiger partial charge in [0.15, 0.2) is 0 Å². The molecule has 1 heterocycles. The highest BCUT2D eigenvalue weighted by Crippen LogP contribution is 2.42. The van der Waals surface area contributed by atoms with Crippen molar-refractivity contribution in [3.63, 3.8) is 0 Å². The standard InChI is InChI=1S/C15H26NO/c1-16(10-3-2-4-11-16)14-9-8-12-6-5-7-13(14)15(12)17/h12-14H,2-11H2,1H3/q+1/t12-,13-,14-/m1/s1. The number of quaternary nitrogens is 1. The number of carbonyl (C=O) groups is 1. The van der Waals surface area contributed by atoms with Crippen molar-refractivity contribution in [3.05, 3.63) is 0 Å². The number of hydrogen-bond donors (Lipinski definition) is 0. The second-order valence-electron chi connectivity index (χ2n) is 6.77. The molecule has 0 spiro atoms. The van der Waals surface area contributed by atoms with E-state index in [0.29, 0.717) is 23.7 Å². The number of fused-ring (bicyclic) bond motifs is 2. The van der Waals surface area contributed by atoms with Gasteiger partial charge in [0.2, 0.25) is 0 Å². The quantitative estimate of drug-likeness (QED) is 0.640. The Balaban J connectivity index is 1.80. The number of ketones is 1. The normalized spacial score (nSPS) is 41.2. The third-order valence-corrected chi connectivity index (χ3v) is 5.75. The molecule has 96 valence electrons. The number of nitrogens with zero attached hydrogens (tertiary/aromatic N) is 1. The largest absolute Gasteiger partial charge is 0.323 e. The third kappa shape index (κ3) is 1.95. The summed E-state index contributed by atoms with van der Waals surface area (Å²) in [6, 6.07) is 0.666. The Morgan fingerprint density at radius 3 is 2.47 bits per heavy atom. The van der Waals surface area contributed by atoms with E-state index in [1.165, 1.54) is 68.9 Å². The number of hydrogen-bond acceptors (Lipinski definition) is 1. The number of rotatable bonds is 1. The molecule has 0 unspecified atom stereocenters. The number of likely N-dealkylation sites (tertiary alicyclic amines) is 1. The zero-order chi connectivity index (χ0) is 11.9. The van der Waals surface area contributed by atoms with E-state index in [2.05, 4.69) is 7.05 Å². The van der Waals surface area contributed by atoms with Crippen molar-refractivity contribution in [3.8, 4) is 0 Å². The van der Waals surface area contributed by atoms with E-state index in [0.717, 1.165) is 0 Å². The lowest BCUT2D eigenvalue weighted by Crippen LogP contribution is -2.61. The first-order valence-corrected chi connectivity index (χ1v) is 7.59. The van der Waals surface area contributed by atoms with Gasteiger partial charge in [-0.1, -0.05) is 6.42 Å². The fourth-order valence-corrected chi connectivity index (χ4v) is 4.73. The highest BCUT2D eigenvalue weighted by Gasteiger charge is 2.48. The average Bonchev–Trinajstić information content (AvgIpc) is 2.29. The summed E-state index contributed by atoms with van der Waals surface area (Å²) in [5.74, 6) is 1.50. The Bertz CT molecular complexity index is 306. The molecular weight excluding hydrogens is 210 g/mol. The zero-order valence-electron chi connectivity index (χ0n) is 11.2. The first kappa shape index (κ1) is 11.7. The average molecular weight is 236 g/mol. The van der Waals surface area contributed by atoms with Gasteiger partial charge in [0, 0.05) is 12.3 Å². The minimum absolute atomic E-state index is 0.422. The van der Waals surface area contributed by atoms with E-state index in [1.807, 2.05) is 0 Å². The van der Waals surface area contributed by atoms with Gasteiger partial charge in [0.1, 0.15) is 5.78 Å². The molecule has 3 aliphatic rings. The molecule has 1 aliphatic heterocycles. The van der Waals surface area contributed by atoms with Crippen LogP contribution in [0.25, 0.3) is 0 Å². The summed E-state index contributed by atoms with van der Waals surface area (Å²) in [6.45, 7) is 2.64. The number of Topliss-reactive ketones (excluding diaryl/α,β-unsaturated/α-hetero) is 1. The summed E-state index contributed by atoms with van der Waals surface area (Å²) < 4.78 is 1.21. The fourth-order valence-electron chi connectivity index (χ4n) is 4.73. The predicted molar refractivity (Wildman–Crippen MR) is 68.6 cm³/mol. The summed E-state index contributed by atoms with van der Waals surface area (Å²) in [5.41, 5.74) is 0. The van der Waals surface area contributed by atoms with Gasteiger partial charge in [-0.05, 0) is 38.5 Å². The van der Waals surface area contributed by atoms with Crippen LogP contribution in [0.1, 0.15) is 51.4 Å². The molecule has 0 N–H and O–H groups in total. The zero-order valence-corrected chi connectivity index (χ0v) is 11.2. The Morgan fingerprint density at radius 2 is 1.71 bits per heavy atom. The van der Waals surface area contributed by atoms with Crippen molar-refractivity contribution < 1.29 is 9.28 Å². The molecule has 3 fully saturated rings. The summed E-state index contributed by atoms with van der Waals surface area (Å²) in [4.78, 5) is 12.4. The van der Waals surface area contributed by atoms with Crippen molar-refractivity contribution in [2.45, 2.75) is 57.4 Å². The first-order valence-electron chi connectivity index (χ1n) is 7.59. The van der Waals surface area contributed by atoms with Crippen molar-refractivity contribution >= 4 is 5.78 Å². The molecule has 1 saturated heterocycles. The van der Waals surface area contributed by atoms with E-state index >= 15 is 0 Å². The minimum Gasteiger partial charge on any atom is -0.323 e. The van der Waals surface area contributed by atoms with E-state index in [1.54, 1.807) is 0 Å². The van der Waals surface area contributed by atoms with Gasteiger partial charge in [-0.3, -0.25) is 4.79 Å². The second-order valence-corrected chi connectivity index (χ2v) is 6.77. The van der Waals surface area contributed by atoms with E-state index in [9.17, 15) is 4.79 Å². The summed E-state index contributed by atoms with van der Waals surface area (Å²) >= 11 is 0. The second kappa shape index (κ2) is 4.38. The molecule has 17 heavy (non-hydrogen) atoms. The molecular formula is C15H26NO+. The molecule has 0 radical (unpaired) electrons. The predicted octanol–water partition coefficient (Wildman–Crippen LogP) is 2.76. The van der Waals surface area contributed by atoms with Crippen LogP contribution in [-0.4, -0.2) is 36.4 Å². The maximum atomic E-state index is 12.4. The van der Waals surface area contributed by atoms with Crippen LogP contribution in [-0.2, 0) is 4.79 Å². The monoisotopic (exact) mass is 236 g/mol. The van der Waals surface area contributed by atoms with Gasteiger partial charge in [0.05, 0.1) is 32.1 Å². The van der Waals surface area contributed by atoms with E-state index in [4.69, 9.17) is 0 Å². The molecule has 2 nitrogen and oxygen atoms in total. The maximum absolute atomic E-state index is 12.4. The lowest BCUT2D eigenvalue weighted by atomic mass is 9.67. The SMILES string of the molecule is C[N+]1([C@@H]2CC[C@H]3CCC[C@H]2C3=O)CCCCC1. The fraction of sp³-hybridized carbons (Fsp3) is 0.933. The van der Waals surface area contributed by atoms with Crippen molar-refractivity contribution in [2.24, 2.45) is 11.8 Å². The van der Waals surface area contributed by atoms with Crippen molar-refractivity contribution in [1.82, 2.24) is 0 Å². The molecule has 3 rings (SSSR count). The Kier molecular flexibility index (Phi) is 3.02. The van der Waals surface area contributed by atoms with Gasteiger partial charge in [0.25, 0.3) is 0 Å². The van der Waals surface area contributed by atoms with Crippen molar-refractivity contribution in [1.29, 1.82) is 0 Å². The lowest BCUT2D eigenvalue weighted by Gasteiger charge is -2.50. The molecule has 0 amide bonds. The van der Waals surface area contributed by atoms with Crippen molar-refractivity contribution in [2.75, 3.05) is 20.1 Å². The molecule has 0 aromatic heterocycles. The summed E-state index contributed by atoms with van der Waals surface area (Å²) in [7, 11) is 2.42. The Hall–Kier alpha value is -0.370. The summed E-state index contributed by atoms with van der Waals surface area (Å²) in [6.07, 6.45) is 10.3. The highest BCUT2D eigenvalue weighted by atomic mass is 16.1. The lowest BCUT2D eigenvalue weighted by molar-refractivity contribution is -0.941. The van der Waals surface area contributed by atoms with Crippen LogP contribution in [0, 0.1) is 11.8 Å². The summed E-state index contributed by atoms with van der Waals surface area (Å²) in [5, 5.41) is 0. The molecule has 3 atom stereocenters. The van der Waals surface area contributed by atoms with E-state index < -0.39 is 0 Å². The molecule has 2 aliphatic carbocycles. The van der Waals surface area contributed by atoms with Gasteiger partial charge < -0.3 is 4.48 Å². The smallest absolute Gasteiger partial charge is 0.144 e. The highest BCUT2D eigenvalue weighted by molar-refractivity contribution is 5.85. The van der Waals surface area contributed by atoms with Crippen LogP contribution in [0.15, 0.2) is 0 Å². The minimum atomic E-state index is 0.422. The van der Waals surface area contributed by atoms with Crippen LogP contribution in [0.2, 0.25) is 0 Å². The number of piperidine rings is 1. The van der Waals surface area contributed by atoms with E-state index in [-0.39, 0.29) is 0 Å². The Morgan fingerprint density at radius 1 is 0.941 bits per heavy atom. The van der Waals surface area contributed by atoms with Crippen LogP contribution in [0.3, 0.4) is 0 Å².